The molecule has 19 heavy (non-hydrogen) atoms. The molecule has 0 aliphatic carbocycles. The van der Waals surface area contributed by atoms with Gasteiger partial charge in [-0.1, -0.05) is 22.0 Å². The smallest absolute Gasteiger partial charge is 0.252 e. The lowest BCUT2D eigenvalue weighted by atomic mass is 10.1. The highest BCUT2D eigenvalue weighted by Crippen LogP contribution is 2.21. The molecule has 1 aromatic heterocycles. The Bertz CT molecular complexity index is 604. The second-order valence-electron chi connectivity index (χ2n) is 4.56. The van der Waals surface area contributed by atoms with Crippen molar-refractivity contribution in [1.29, 1.82) is 0 Å². The first-order chi connectivity index (χ1) is 8.99. The molecule has 2 aromatic rings. The number of hydrogen-bond acceptors (Lipinski definition) is 2. The molecule has 100 valence electrons. The summed E-state index contributed by atoms with van der Waals surface area (Å²) >= 11 is 3.43. The van der Waals surface area contributed by atoms with Gasteiger partial charge in [-0.25, -0.2) is 0 Å². The van der Waals surface area contributed by atoms with Gasteiger partial charge in [-0.15, -0.1) is 0 Å². The Morgan fingerprint density at radius 3 is 2.63 bits per heavy atom. The van der Waals surface area contributed by atoms with Crippen molar-refractivity contribution >= 4 is 21.8 Å². The molecular weight excluding hydrogens is 306 g/mol. The van der Waals surface area contributed by atoms with Gasteiger partial charge in [0.25, 0.3) is 5.91 Å². The second-order valence-corrected chi connectivity index (χ2v) is 5.41. The van der Waals surface area contributed by atoms with Gasteiger partial charge in [-0.2, -0.15) is 0 Å². The van der Waals surface area contributed by atoms with E-state index in [9.17, 15) is 4.79 Å². The minimum Gasteiger partial charge on any atom is -0.464 e. The molecule has 1 N–H and O–H groups in total. The van der Waals surface area contributed by atoms with Crippen LogP contribution in [0.1, 0.15) is 40.4 Å². The van der Waals surface area contributed by atoms with E-state index in [4.69, 9.17) is 4.42 Å². The van der Waals surface area contributed by atoms with Crippen LogP contribution in [0, 0.1) is 13.8 Å². The highest BCUT2D eigenvalue weighted by molar-refractivity contribution is 9.10. The van der Waals surface area contributed by atoms with E-state index in [1.165, 1.54) is 0 Å². The number of halogens is 1. The van der Waals surface area contributed by atoms with E-state index in [1.54, 1.807) is 0 Å². The van der Waals surface area contributed by atoms with Gasteiger partial charge < -0.3 is 9.73 Å². The van der Waals surface area contributed by atoms with Crippen LogP contribution in [0.3, 0.4) is 0 Å². The van der Waals surface area contributed by atoms with Crippen LogP contribution in [-0.4, -0.2) is 5.91 Å². The van der Waals surface area contributed by atoms with Crippen LogP contribution in [0.25, 0.3) is 0 Å². The molecule has 0 fully saturated rings. The molecule has 0 radical (unpaired) electrons. The maximum Gasteiger partial charge on any atom is 0.252 e. The first-order valence-electron chi connectivity index (χ1n) is 6.11. The number of hydrogen-bond donors (Lipinski definition) is 1. The summed E-state index contributed by atoms with van der Waals surface area (Å²) in [6.45, 7) is 5.71. The third-order valence-electron chi connectivity index (χ3n) is 3.05. The summed E-state index contributed by atoms with van der Waals surface area (Å²) in [5, 5.41) is 2.94. The molecule has 0 aliphatic heterocycles. The Morgan fingerprint density at radius 1 is 1.26 bits per heavy atom. The Hall–Kier alpha value is -1.55. The van der Waals surface area contributed by atoms with Crippen LogP contribution in [0.2, 0.25) is 0 Å². The Labute approximate surface area is 121 Å². The zero-order valence-electron chi connectivity index (χ0n) is 11.2. The standard InChI is InChI=1S/C15H16BrNO2/c1-9-7-8-14(19-9)11(3)17-15(18)12-5-4-6-13(16)10(12)2/h4-8,11H,1-3H3,(H,17,18). The maximum atomic E-state index is 12.2. The van der Waals surface area contributed by atoms with Crippen LogP contribution >= 0.6 is 15.9 Å². The Morgan fingerprint density at radius 2 is 2.00 bits per heavy atom. The highest BCUT2D eigenvalue weighted by Gasteiger charge is 2.16. The van der Waals surface area contributed by atoms with Crippen molar-refractivity contribution < 1.29 is 9.21 Å². The van der Waals surface area contributed by atoms with Crippen molar-refractivity contribution in [2.75, 3.05) is 0 Å². The highest BCUT2D eigenvalue weighted by atomic mass is 79.9. The number of furan rings is 1. The molecular formula is C15H16BrNO2. The van der Waals surface area contributed by atoms with Crippen molar-refractivity contribution in [3.8, 4) is 0 Å². The minimum atomic E-state index is -0.153. The van der Waals surface area contributed by atoms with Crippen LogP contribution in [0.5, 0.6) is 0 Å². The molecule has 1 unspecified atom stereocenters. The van der Waals surface area contributed by atoms with E-state index in [0.717, 1.165) is 21.6 Å². The predicted octanol–water partition coefficient (Wildman–Crippen LogP) is 4.15. The first kappa shape index (κ1) is 13.9. The zero-order valence-corrected chi connectivity index (χ0v) is 12.7. The van der Waals surface area contributed by atoms with Crippen molar-refractivity contribution in [2.45, 2.75) is 26.8 Å². The van der Waals surface area contributed by atoms with Gasteiger partial charge in [0.15, 0.2) is 0 Å². The van der Waals surface area contributed by atoms with Crippen molar-refractivity contribution in [1.82, 2.24) is 5.32 Å². The van der Waals surface area contributed by atoms with E-state index in [1.807, 2.05) is 51.1 Å². The minimum absolute atomic E-state index is 0.0969. The van der Waals surface area contributed by atoms with Crippen molar-refractivity contribution in [3.05, 3.63) is 57.5 Å². The molecule has 0 saturated heterocycles. The Balaban J connectivity index is 2.15. The van der Waals surface area contributed by atoms with Gasteiger partial charge in [0.2, 0.25) is 0 Å². The van der Waals surface area contributed by atoms with Gasteiger partial charge in [0.1, 0.15) is 11.5 Å². The van der Waals surface area contributed by atoms with E-state index in [0.29, 0.717) is 5.56 Å². The fraction of sp³-hybridized carbons (Fsp3) is 0.267. The summed E-state index contributed by atoms with van der Waals surface area (Å²) in [7, 11) is 0. The average molecular weight is 322 g/mol. The summed E-state index contributed by atoms with van der Waals surface area (Å²) in [5.41, 5.74) is 1.60. The lowest BCUT2D eigenvalue weighted by Gasteiger charge is -2.13. The van der Waals surface area contributed by atoms with Crippen LogP contribution < -0.4 is 5.32 Å². The molecule has 0 bridgehead atoms. The lowest BCUT2D eigenvalue weighted by molar-refractivity contribution is 0.0934. The third kappa shape index (κ3) is 3.07. The molecule has 0 aliphatic rings. The summed E-state index contributed by atoms with van der Waals surface area (Å²) < 4.78 is 6.44. The average Bonchev–Trinajstić information content (AvgIpc) is 2.79. The fourth-order valence-electron chi connectivity index (χ4n) is 1.89. The Kier molecular flexibility index (Phi) is 4.10. The number of nitrogens with one attached hydrogen (secondary N) is 1. The number of carbonyl (C=O) groups excluding carboxylic acids is 1. The second kappa shape index (κ2) is 5.61. The monoisotopic (exact) mass is 321 g/mol. The van der Waals surface area contributed by atoms with Crippen LogP contribution in [0.4, 0.5) is 0 Å². The normalized spacial score (nSPS) is 12.2. The van der Waals surface area contributed by atoms with Gasteiger partial charge >= 0.3 is 0 Å². The summed E-state index contributed by atoms with van der Waals surface area (Å²) in [6, 6.07) is 9.21. The molecule has 1 heterocycles. The quantitative estimate of drug-likeness (QED) is 0.922. The van der Waals surface area contributed by atoms with Gasteiger partial charge in [0, 0.05) is 10.0 Å². The predicted molar refractivity (Wildman–Crippen MR) is 78.2 cm³/mol. The fourth-order valence-corrected chi connectivity index (χ4v) is 2.25. The molecule has 1 atom stereocenters. The lowest BCUT2D eigenvalue weighted by Crippen LogP contribution is -2.27. The zero-order chi connectivity index (χ0) is 14.0. The molecule has 1 amide bonds. The van der Waals surface area contributed by atoms with Gasteiger partial charge in [0.05, 0.1) is 6.04 Å². The number of carbonyl (C=O) groups is 1. The van der Waals surface area contributed by atoms with Gasteiger partial charge in [-0.3, -0.25) is 4.79 Å². The molecule has 1 aromatic carbocycles. The molecule has 4 heteroatoms. The molecule has 2 rings (SSSR count). The molecule has 3 nitrogen and oxygen atoms in total. The first-order valence-corrected chi connectivity index (χ1v) is 6.90. The SMILES string of the molecule is Cc1ccc(C(C)NC(=O)c2cccc(Br)c2C)o1. The maximum absolute atomic E-state index is 12.2. The largest absolute Gasteiger partial charge is 0.464 e. The number of benzene rings is 1. The van der Waals surface area contributed by atoms with E-state index >= 15 is 0 Å². The van der Waals surface area contributed by atoms with E-state index in [2.05, 4.69) is 21.2 Å². The number of aryl methyl sites for hydroxylation is 1. The summed E-state index contributed by atoms with van der Waals surface area (Å²) in [4.78, 5) is 12.2. The van der Waals surface area contributed by atoms with E-state index in [-0.39, 0.29) is 11.9 Å². The molecule has 0 saturated carbocycles. The summed E-state index contributed by atoms with van der Waals surface area (Å²) in [6.07, 6.45) is 0. The van der Waals surface area contributed by atoms with Gasteiger partial charge in [-0.05, 0) is 50.6 Å². The molecule has 0 spiro atoms. The third-order valence-corrected chi connectivity index (χ3v) is 3.91. The van der Waals surface area contributed by atoms with Crippen LogP contribution in [0.15, 0.2) is 39.2 Å². The summed E-state index contributed by atoms with van der Waals surface area (Å²) in [5.74, 6) is 1.51. The number of amides is 1. The van der Waals surface area contributed by atoms with Crippen molar-refractivity contribution in [3.63, 3.8) is 0 Å². The van der Waals surface area contributed by atoms with E-state index < -0.39 is 0 Å². The van der Waals surface area contributed by atoms with Crippen molar-refractivity contribution in [2.24, 2.45) is 0 Å². The number of rotatable bonds is 3. The topological polar surface area (TPSA) is 42.2 Å². The van der Waals surface area contributed by atoms with Crippen LogP contribution in [-0.2, 0) is 0 Å².